The van der Waals surface area contributed by atoms with E-state index in [2.05, 4.69) is 15.6 Å². The number of fused-ring (bicyclic) bond motifs is 2. The summed E-state index contributed by atoms with van der Waals surface area (Å²) in [7, 11) is 0. The number of ether oxygens (including phenoxy) is 1. The summed E-state index contributed by atoms with van der Waals surface area (Å²) in [5.41, 5.74) is 2.88. The number of carbonyl (C=O) groups excluding carboxylic acids is 1. The molecule has 25 heavy (non-hydrogen) atoms. The van der Waals surface area contributed by atoms with E-state index in [4.69, 9.17) is 16.3 Å². The number of hydrogen-bond acceptors (Lipinski definition) is 4. The van der Waals surface area contributed by atoms with Gasteiger partial charge in [-0.25, -0.2) is 4.98 Å². The standard InChI is InChI=1S/C19H16ClN3O2/c1-2-25-12-7-8-15-11(9-12)10-14(17(20)21-15)18-22-16-6-4-3-5-13(16)19(24)23-18/h3-10,18,22H,2H2,1H3,(H,23,24)/t18-/m0/s1. The molecule has 1 aliphatic rings. The van der Waals surface area contributed by atoms with Crippen molar-refractivity contribution in [3.63, 3.8) is 0 Å². The van der Waals surface area contributed by atoms with Crippen LogP contribution in [-0.4, -0.2) is 17.5 Å². The zero-order valence-corrected chi connectivity index (χ0v) is 14.3. The van der Waals surface area contributed by atoms with Crippen molar-refractivity contribution < 1.29 is 9.53 Å². The number of hydrogen-bond donors (Lipinski definition) is 2. The van der Waals surface area contributed by atoms with E-state index in [9.17, 15) is 4.79 Å². The Kier molecular flexibility index (Phi) is 3.93. The van der Waals surface area contributed by atoms with Crippen LogP contribution in [0.4, 0.5) is 5.69 Å². The molecular formula is C19H16ClN3O2. The Bertz CT molecular complexity index is 974. The molecule has 2 N–H and O–H groups in total. The van der Waals surface area contributed by atoms with E-state index in [-0.39, 0.29) is 5.91 Å². The van der Waals surface area contributed by atoms with Crippen LogP contribution >= 0.6 is 11.6 Å². The van der Waals surface area contributed by atoms with Crippen LogP contribution in [0.2, 0.25) is 5.15 Å². The summed E-state index contributed by atoms with van der Waals surface area (Å²) in [6.45, 7) is 2.53. The number of pyridine rings is 1. The second-order valence-corrected chi connectivity index (χ2v) is 6.11. The number of para-hydroxylation sites is 1. The van der Waals surface area contributed by atoms with Crippen molar-refractivity contribution >= 4 is 34.1 Å². The van der Waals surface area contributed by atoms with Crippen LogP contribution in [0.3, 0.4) is 0 Å². The largest absolute Gasteiger partial charge is 0.494 e. The van der Waals surface area contributed by atoms with Crippen LogP contribution < -0.4 is 15.4 Å². The van der Waals surface area contributed by atoms with Gasteiger partial charge in [0.2, 0.25) is 0 Å². The van der Waals surface area contributed by atoms with E-state index in [0.29, 0.717) is 22.9 Å². The van der Waals surface area contributed by atoms with Gasteiger partial charge in [0.25, 0.3) is 5.91 Å². The lowest BCUT2D eigenvalue weighted by Crippen LogP contribution is -2.38. The maximum atomic E-state index is 12.3. The fourth-order valence-electron chi connectivity index (χ4n) is 2.97. The third kappa shape index (κ3) is 2.87. The average Bonchev–Trinajstić information content (AvgIpc) is 2.61. The molecule has 0 spiro atoms. The van der Waals surface area contributed by atoms with Crippen molar-refractivity contribution in [2.75, 3.05) is 11.9 Å². The number of nitrogens with one attached hydrogen (secondary N) is 2. The number of nitrogens with zero attached hydrogens (tertiary/aromatic N) is 1. The van der Waals surface area contributed by atoms with Crippen molar-refractivity contribution in [1.29, 1.82) is 0 Å². The molecule has 4 rings (SSSR count). The van der Waals surface area contributed by atoms with Gasteiger partial charge < -0.3 is 15.4 Å². The molecule has 0 bridgehead atoms. The molecule has 1 aliphatic heterocycles. The number of anilines is 1. The average molecular weight is 354 g/mol. The van der Waals surface area contributed by atoms with Crippen LogP contribution in [0, 0.1) is 0 Å². The van der Waals surface area contributed by atoms with E-state index in [1.807, 2.05) is 49.4 Å². The van der Waals surface area contributed by atoms with E-state index in [1.54, 1.807) is 6.07 Å². The second-order valence-electron chi connectivity index (χ2n) is 5.75. The first-order chi connectivity index (χ1) is 12.2. The summed E-state index contributed by atoms with van der Waals surface area (Å²) < 4.78 is 5.55. The molecule has 0 aliphatic carbocycles. The molecule has 2 heterocycles. The number of benzene rings is 2. The lowest BCUT2D eigenvalue weighted by atomic mass is 10.1. The number of amides is 1. The van der Waals surface area contributed by atoms with Gasteiger partial charge in [-0.15, -0.1) is 0 Å². The third-order valence-electron chi connectivity index (χ3n) is 4.14. The Morgan fingerprint density at radius 1 is 1.16 bits per heavy atom. The lowest BCUT2D eigenvalue weighted by molar-refractivity contribution is 0.0935. The molecule has 0 fully saturated rings. The molecule has 5 nitrogen and oxygen atoms in total. The zero-order chi connectivity index (χ0) is 17.4. The van der Waals surface area contributed by atoms with E-state index in [1.165, 1.54) is 0 Å². The molecule has 6 heteroatoms. The molecular weight excluding hydrogens is 338 g/mol. The smallest absolute Gasteiger partial charge is 0.255 e. The molecule has 2 aromatic carbocycles. The number of carbonyl (C=O) groups is 1. The summed E-state index contributed by atoms with van der Waals surface area (Å²) in [4.78, 5) is 16.8. The van der Waals surface area contributed by atoms with E-state index in [0.717, 1.165) is 22.3 Å². The van der Waals surface area contributed by atoms with Gasteiger partial charge in [0.15, 0.2) is 0 Å². The topological polar surface area (TPSA) is 63.2 Å². The van der Waals surface area contributed by atoms with Crippen LogP contribution in [0.25, 0.3) is 10.9 Å². The van der Waals surface area contributed by atoms with Gasteiger partial charge in [-0.1, -0.05) is 23.7 Å². The van der Waals surface area contributed by atoms with E-state index >= 15 is 0 Å². The molecule has 3 aromatic rings. The highest BCUT2D eigenvalue weighted by atomic mass is 35.5. The molecule has 0 radical (unpaired) electrons. The maximum absolute atomic E-state index is 12.3. The van der Waals surface area contributed by atoms with Crippen molar-refractivity contribution in [2.24, 2.45) is 0 Å². The first kappa shape index (κ1) is 15.7. The predicted octanol–water partition coefficient (Wildman–Crippen LogP) is 4.14. The van der Waals surface area contributed by atoms with Crippen molar-refractivity contribution in [1.82, 2.24) is 10.3 Å². The number of aromatic nitrogens is 1. The van der Waals surface area contributed by atoms with Crippen LogP contribution in [0.1, 0.15) is 29.0 Å². The Hall–Kier alpha value is -2.79. The molecule has 0 saturated heterocycles. The van der Waals surface area contributed by atoms with Gasteiger partial charge >= 0.3 is 0 Å². The highest BCUT2D eigenvalue weighted by Crippen LogP contribution is 2.32. The molecule has 1 atom stereocenters. The minimum Gasteiger partial charge on any atom is -0.494 e. The molecule has 1 amide bonds. The quantitative estimate of drug-likeness (QED) is 0.694. The van der Waals surface area contributed by atoms with Crippen molar-refractivity contribution in [3.05, 3.63) is 64.8 Å². The summed E-state index contributed by atoms with van der Waals surface area (Å²) in [6, 6.07) is 15.0. The van der Waals surface area contributed by atoms with Crippen LogP contribution in [0.15, 0.2) is 48.5 Å². The van der Waals surface area contributed by atoms with E-state index < -0.39 is 6.17 Å². The van der Waals surface area contributed by atoms with Gasteiger partial charge in [0, 0.05) is 16.6 Å². The molecule has 0 saturated carbocycles. The fourth-order valence-corrected chi connectivity index (χ4v) is 3.22. The molecule has 1 aromatic heterocycles. The first-order valence-corrected chi connectivity index (χ1v) is 8.43. The van der Waals surface area contributed by atoms with Gasteiger partial charge in [-0.2, -0.15) is 0 Å². The minimum absolute atomic E-state index is 0.140. The van der Waals surface area contributed by atoms with Crippen LogP contribution in [0.5, 0.6) is 5.75 Å². The van der Waals surface area contributed by atoms with Gasteiger partial charge in [-0.3, -0.25) is 4.79 Å². The van der Waals surface area contributed by atoms with Crippen LogP contribution in [-0.2, 0) is 0 Å². The summed E-state index contributed by atoms with van der Waals surface area (Å²) in [5.74, 6) is 0.634. The van der Waals surface area contributed by atoms with Gasteiger partial charge in [0.1, 0.15) is 17.1 Å². The minimum atomic E-state index is -0.442. The maximum Gasteiger partial charge on any atom is 0.255 e. The Morgan fingerprint density at radius 3 is 2.84 bits per heavy atom. The van der Waals surface area contributed by atoms with Gasteiger partial charge in [0.05, 0.1) is 17.7 Å². The summed E-state index contributed by atoms with van der Waals surface area (Å²) in [6.07, 6.45) is -0.442. The number of halogens is 1. The van der Waals surface area contributed by atoms with Gasteiger partial charge in [-0.05, 0) is 43.3 Å². The zero-order valence-electron chi connectivity index (χ0n) is 13.5. The first-order valence-electron chi connectivity index (χ1n) is 8.05. The Balaban J connectivity index is 1.76. The predicted molar refractivity (Wildman–Crippen MR) is 98.2 cm³/mol. The monoisotopic (exact) mass is 353 g/mol. The normalized spacial score (nSPS) is 16.1. The number of rotatable bonds is 3. The summed E-state index contributed by atoms with van der Waals surface area (Å²) in [5, 5.41) is 7.49. The Morgan fingerprint density at radius 2 is 2.00 bits per heavy atom. The third-order valence-corrected chi connectivity index (χ3v) is 4.44. The SMILES string of the molecule is CCOc1ccc2nc(Cl)c([C@@H]3NC(=O)c4ccccc4N3)cc2c1. The summed E-state index contributed by atoms with van der Waals surface area (Å²) >= 11 is 6.38. The lowest BCUT2D eigenvalue weighted by Gasteiger charge is -2.28. The van der Waals surface area contributed by atoms with Crippen molar-refractivity contribution in [2.45, 2.75) is 13.1 Å². The molecule has 126 valence electrons. The Labute approximate surface area is 150 Å². The van der Waals surface area contributed by atoms with Crippen molar-refractivity contribution in [3.8, 4) is 5.75 Å². The highest BCUT2D eigenvalue weighted by Gasteiger charge is 2.26. The highest BCUT2D eigenvalue weighted by molar-refractivity contribution is 6.30. The molecule has 0 unspecified atom stereocenters. The second kappa shape index (κ2) is 6.26. The fraction of sp³-hybridized carbons (Fsp3) is 0.158.